The van der Waals surface area contributed by atoms with E-state index in [1.165, 1.54) is 0 Å². The third-order valence-electron chi connectivity index (χ3n) is 3.31. The number of amides is 1. The Morgan fingerprint density at radius 1 is 1.24 bits per heavy atom. The molecule has 1 unspecified atom stereocenters. The molecule has 0 aromatic heterocycles. The summed E-state index contributed by atoms with van der Waals surface area (Å²) in [6, 6.07) is 15.1. The molecule has 2 aromatic carbocycles. The Balaban J connectivity index is 0.00000161. The zero-order valence-corrected chi connectivity index (χ0v) is 13.3. The molecule has 1 heterocycles. The first-order valence-corrected chi connectivity index (χ1v) is 7.46. The summed E-state index contributed by atoms with van der Waals surface area (Å²) in [5.41, 5.74) is 8.18. The molecular formula is C16H17ClN2OS. The lowest BCUT2D eigenvalue weighted by Gasteiger charge is -2.33. The fraction of sp³-hybridized carbons (Fsp3) is 0.188. The van der Waals surface area contributed by atoms with Crippen molar-refractivity contribution >= 4 is 41.5 Å². The van der Waals surface area contributed by atoms with Crippen LogP contribution in [0.15, 0.2) is 53.4 Å². The minimum atomic E-state index is 0. The number of benzene rings is 2. The van der Waals surface area contributed by atoms with Crippen molar-refractivity contribution in [2.75, 3.05) is 17.2 Å². The number of thioether (sulfide) groups is 1. The minimum absolute atomic E-state index is 0. The first kappa shape index (κ1) is 15.7. The summed E-state index contributed by atoms with van der Waals surface area (Å²) in [6.07, 6.45) is 0. The molecule has 0 spiro atoms. The van der Waals surface area contributed by atoms with E-state index in [0.29, 0.717) is 23.0 Å². The summed E-state index contributed by atoms with van der Waals surface area (Å²) in [5, 5.41) is 0.374. The Bertz CT molecular complexity index is 648. The summed E-state index contributed by atoms with van der Waals surface area (Å²) >= 11 is 1.79. The van der Waals surface area contributed by atoms with Crippen LogP contribution in [0.2, 0.25) is 0 Å². The van der Waals surface area contributed by atoms with Crippen LogP contribution in [0.3, 0.4) is 0 Å². The van der Waals surface area contributed by atoms with Gasteiger partial charge in [0.1, 0.15) is 0 Å². The van der Waals surface area contributed by atoms with E-state index in [1.807, 2.05) is 53.4 Å². The van der Waals surface area contributed by atoms with Crippen molar-refractivity contribution in [1.82, 2.24) is 0 Å². The molecule has 2 aromatic rings. The van der Waals surface area contributed by atoms with Gasteiger partial charge in [0.2, 0.25) is 0 Å². The van der Waals surface area contributed by atoms with E-state index < -0.39 is 0 Å². The molecule has 1 atom stereocenters. The third kappa shape index (κ3) is 3.17. The molecule has 0 radical (unpaired) electrons. The number of nitrogens with two attached hydrogens (primary N) is 1. The number of hydrogen-bond acceptors (Lipinski definition) is 3. The quantitative estimate of drug-likeness (QED) is 0.812. The highest BCUT2D eigenvalue weighted by atomic mass is 35.5. The predicted octanol–water partition coefficient (Wildman–Crippen LogP) is 3.83. The number of carbonyl (C=O) groups excluding carboxylic acids is 1. The molecule has 0 bridgehead atoms. The maximum Gasteiger partial charge on any atom is 0.258 e. The highest BCUT2D eigenvalue weighted by molar-refractivity contribution is 8.00. The zero-order chi connectivity index (χ0) is 14.1. The maximum atomic E-state index is 12.7. The minimum Gasteiger partial charge on any atom is -0.399 e. The van der Waals surface area contributed by atoms with Gasteiger partial charge in [-0.05, 0) is 30.3 Å². The molecule has 3 rings (SSSR count). The van der Waals surface area contributed by atoms with Crippen LogP contribution in [0, 0.1) is 0 Å². The first-order chi connectivity index (χ1) is 9.65. The highest BCUT2D eigenvalue weighted by Crippen LogP contribution is 2.40. The molecule has 110 valence electrons. The van der Waals surface area contributed by atoms with Crippen molar-refractivity contribution in [1.29, 1.82) is 0 Å². The lowest BCUT2D eigenvalue weighted by molar-refractivity contribution is 0.0986. The lowest BCUT2D eigenvalue weighted by Crippen LogP contribution is -2.38. The smallest absolute Gasteiger partial charge is 0.258 e. The van der Waals surface area contributed by atoms with E-state index in [2.05, 4.69) is 6.92 Å². The second kappa shape index (κ2) is 6.41. The van der Waals surface area contributed by atoms with Crippen molar-refractivity contribution in [2.45, 2.75) is 17.1 Å². The largest absolute Gasteiger partial charge is 0.399 e. The van der Waals surface area contributed by atoms with E-state index in [4.69, 9.17) is 5.73 Å². The second-order valence-corrected chi connectivity index (χ2v) is 6.42. The molecule has 1 amide bonds. The number of hydrogen-bond donors (Lipinski definition) is 1. The van der Waals surface area contributed by atoms with E-state index >= 15 is 0 Å². The second-order valence-electron chi connectivity index (χ2n) is 4.94. The number of rotatable bonds is 1. The van der Waals surface area contributed by atoms with Gasteiger partial charge in [-0.1, -0.05) is 25.1 Å². The number of nitrogens with zero attached hydrogens (tertiary/aromatic N) is 1. The number of nitrogen functional groups attached to an aromatic ring is 1. The standard InChI is InChI=1S/C16H16N2OS.ClH/c1-11-10-18(16(19)12-5-3-2-4-6-12)14-9-13(17)7-8-15(14)20-11;/h2-9,11H,10,17H2,1H3;1H. The van der Waals surface area contributed by atoms with Gasteiger partial charge in [0, 0.05) is 27.9 Å². The monoisotopic (exact) mass is 320 g/mol. The van der Waals surface area contributed by atoms with Crippen LogP contribution in [0.5, 0.6) is 0 Å². The van der Waals surface area contributed by atoms with E-state index in [9.17, 15) is 4.79 Å². The average Bonchev–Trinajstić information content (AvgIpc) is 2.47. The fourth-order valence-corrected chi connectivity index (χ4v) is 3.48. The average molecular weight is 321 g/mol. The molecule has 2 N–H and O–H groups in total. The molecule has 21 heavy (non-hydrogen) atoms. The van der Waals surface area contributed by atoms with Gasteiger partial charge in [0.25, 0.3) is 5.91 Å². The van der Waals surface area contributed by atoms with Gasteiger partial charge in [-0.15, -0.1) is 24.2 Å². The number of fused-ring (bicyclic) bond motifs is 1. The summed E-state index contributed by atoms with van der Waals surface area (Å²) in [7, 11) is 0. The van der Waals surface area contributed by atoms with Crippen molar-refractivity contribution in [3.05, 3.63) is 54.1 Å². The van der Waals surface area contributed by atoms with Gasteiger partial charge in [-0.2, -0.15) is 0 Å². The lowest BCUT2D eigenvalue weighted by atomic mass is 10.1. The topological polar surface area (TPSA) is 46.3 Å². The molecule has 0 saturated heterocycles. The molecule has 5 heteroatoms. The molecule has 1 aliphatic heterocycles. The number of halogens is 1. The summed E-state index contributed by atoms with van der Waals surface area (Å²) in [6.45, 7) is 2.84. The summed E-state index contributed by atoms with van der Waals surface area (Å²) in [5.74, 6) is 0.0320. The van der Waals surface area contributed by atoms with Gasteiger partial charge >= 0.3 is 0 Å². The van der Waals surface area contributed by atoms with Gasteiger partial charge in [-0.3, -0.25) is 4.79 Å². The Morgan fingerprint density at radius 3 is 2.67 bits per heavy atom. The molecule has 3 nitrogen and oxygen atoms in total. The molecule has 1 aliphatic rings. The van der Waals surface area contributed by atoms with Crippen molar-refractivity contribution in [3.63, 3.8) is 0 Å². The summed E-state index contributed by atoms with van der Waals surface area (Å²) < 4.78 is 0. The molecule has 0 aliphatic carbocycles. The van der Waals surface area contributed by atoms with Crippen molar-refractivity contribution in [3.8, 4) is 0 Å². The SMILES string of the molecule is CC1CN(C(=O)c2ccccc2)c2cc(N)ccc2S1.Cl. The number of carbonyl (C=O) groups is 1. The van der Waals surface area contributed by atoms with Crippen LogP contribution in [0.4, 0.5) is 11.4 Å². The van der Waals surface area contributed by atoms with Crippen molar-refractivity contribution in [2.24, 2.45) is 0 Å². The highest BCUT2D eigenvalue weighted by Gasteiger charge is 2.27. The third-order valence-corrected chi connectivity index (χ3v) is 4.46. The van der Waals surface area contributed by atoms with Gasteiger partial charge in [0.15, 0.2) is 0 Å². The maximum absolute atomic E-state index is 12.7. The fourth-order valence-electron chi connectivity index (χ4n) is 2.38. The number of anilines is 2. The molecule has 0 fully saturated rings. The van der Waals surface area contributed by atoms with Crippen LogP contribution in [0.25, 0.3) is 0 Å². The van der Waals surface area contributed by atoms with Gasteiger partial charge < -0.3 is 10.6 Å². The van der Waals surface area contributed by atoms with E-state index in [1.54, 1.807) is 11.8 Å². The van der Waals surface area contributed by atoms with Crippen LogP contribution < -0.4 is 10.6 Å². The normalized spacial score (nSPS) is 16.8. The zero-order valence-electron chi connectivity index (χ0n) is 11.7. The van der Waals surface area contributed by atoms with Gasteiger partial charge in [-0.25, -0.2) is 0 Å². The van der Waals surface area contributed by atoms with E-state index in [0.717, 1.165) is 10.6 Å². The van der Waals surface area contributed by atoms with E-state index in [-0.39, 0.29) is 18.3 Å². The first-order valence-electron chi connectivity index (χ1n) is 6.58. The molecule has 0 saturated carbocycles. The van der Waals surface area contributed by atoms with Crippen LogP contribution >= 0.6 is 24.2 Å². The Morgan fingerprint density at radius 2 is 1.95 bits per heavy atom. The Hall–Kier alpha value is -1.65. The molecular weight excluding hydrogens is 304 g/mol. The van der Waals surface area contributed by atoms with Crippen LogP contribution in [-0.4, -0.2) is 17.7 Å². The van der Waals surface area contributed by atoms with Crippen molar-refractivity contribution < 1.29 is 4.79 Å². The van der Waals surface area contributed by atoms with Gasteiger partial charge in [0.05, 0.1) is 5.69 Å². The predicted molar refractivity (Wildman–Crippen MR) is 91.5 cm³/mol. The summed E-state index contributed by atoms with van der Waals surface area (Å²) in [4.78, 5) is 15.6. The van der Waals surface area contributed by atoms with Crippen LogP contribution in [-0.2, 0) is 0 Å². The van der Waals surface area contributed by atoms with Crippen LogP contribution in [0.1, 0.15) is 17.3 Å². The Labute approximate surface area is 134 Å². The Kier molecular flexibility index (Phi) is 4.80.